The highest BCUT2D eigenvalue weighted by atomic mass is 32.1. The van der Waals surface area contributed by atoms with Gasteiger partial charge in [-0.2, -0.15) is 0 Å². The Morgan fingerprint density at radius 1 is 1.39 bits per heavy atom. The number of nitrogens with two attached hydrogens (primary N) is 1. The first-order valence-electron chi connectivity index (χ1n) is 10.4. The van der Waals surface area contributed by atoms with E-state index in [1.54, 1.807) is 36.9 Å². The first-order chi connectivity index (χ1) is 15.1. The second-order valence-corrected chi connectivity index (χ2v) is 9.06. The smallest absolute Gasteiger partial charge is 0.226 e. The lowest BCUT2D eigenvalue weighted by molar-refractivity contribution is -0.139. The van der Waals surface area contributed by atoms with Gasteiger partial charge in [-0.25, -0.2) is 9.97 Å². The number of carbonyl (C=O) groups is 1. The fourth-order valence-electron chi connectivity index (χ4n) is 4.34. The number of thiophene rings is 1. The standard InChI is InChI=1S/C22H24N6O2S/c1-30-17-9-15(24)13(10-23)7-16(17)27-20-19-14-4-3-12(22(29)28-5-2-6-28)8-18(14)31-21(19)26-11-25-20/h7,9-12,23H,2-6,8,24H2,1H3,(H,25,26,27). The van der Waals surface area contributed by atoms with Gasteiger partial charge in [-0.05, 0) is 37.3 Å². The number of rotatable bonds is 5. The van der Waals surface area contributed by atoms with Gasteiger partial charge in [-0.3, -0.25) is 4.79 Å². The number of ether oxygens (including phenoxy) is 1. The summed E-state index contributed by atoms with van der Waals surface area (Å²) < 4.78 is 5.48. The van der Waals surface area contributed by atoms with E-state index in [2.05, 4.69) is 15.3 Å². The molecule has 9 heteroatoms. The lowest BCUT2D eigenvalue weighted by Gasteiger charge is -2.35. The van der Waals surface area contributed by atoms with Gasteiger partial charge in [0.1, 0.15) is 22.7 Å². The summed E-state index contributed by atoms with van der Waals surface area (Å²) in [6.07, 6.45) is 6.35. The van der Waals surface area contributed by atoms with Gasteiger partial charge in [0, 0.05) is 47.4 Å². The van der Waals surface area contributed by atoms with Crippen LogP contribution in [0.5, 0.6) is 5.75 Å². The Balaban J connectivity index is 1.50. The molecule has 1 aliphatic carbocycles. The molecule has 1 saturated heterocycles. The number of likely N-dealkylation sites (tertiary alicyclic amines) is 1. The summed E-state index contributed by atoms with van der Waals surface area (Å²) in [5, 5.41) is 12.0. The third-order valence-corrected chi connectivity index (χ3v) is 7.34. The molecule has 0 radical (unpaired) electrons. The van der Waals surface area contributed by atoms with E-state index in [1.165, 1.54) is 16.7 Å². The third kappa shape index (κ3) is 3.38. The zero-order valence-corrected chi connectivity index (χ0v) is 18.1. The number of carbonyl (C=O) groups excluding carboxylic acids is 1. The molecule has 1 unspecified atom stereocenters. The van der Waals surface area contributed by atoms with Crippen molar-refractivity contribution in [1.82, 2.24) is 14.9 Å². The number of fused-ring (bicyclic) bond motifs is 3. The quantitative estimate of drug-likeness (QED) is 0.417. The van der Waals surface area contributed by atoms with E-state index >= 15 is 0 Å². The van der Waals surface area contributed by atoms with Gasteiger partial charge in [0.25, 0.3) is 0 Å². The minimum Gasteiger partial charge on any atom is -0.494 e. The van der Waals surface area contributed by atoms with Crippen LogP contribution in [0.15, 0.2) is 18.5 Å². The Morgan fingerprint density at radius 2 is 2.23 bits per heavy atom. The Hall–Kier alpha value is -3.20. The van der Waals surface area contributed by atoms with Crippen LogP contribution in [0.4, 0.5) is 17.2 Å². The molecule has 3 heterocycles. The van der Waals surface area contributed by atoms with E-state index in [1.807, 2.05) is 4.90 Å². The Morgan fingerprint density at radius 3 is 2.94 bits per heavy atom. The van der Waals surface area contributed by atoms with Gasteiger partial charge >= 0.3 is 0 Å². The van der Waals surface area contributed by atoms with Crippen LogP contribution in [0, 0.1) is 11.3 Å². The van der Waals surface area contributed by atoms with Crippen molar-refractivity contribution in [2.45, 2.75) is 25.7 Å². The van der Waals surface area contributed by atoms with Crippen molar-refractivity contribution in [3.63, 3.8) is 0 Å². The summed E-state index contributed by atoms with van der Waals surface area (Å²) in [7, 11) is 1.58. The highest BCUT2D eigenvalue weighted by Crippen LogP contribution is 2.42. The van der Waals surface area contributed by atoms with Crippen molar-refractivity contribution < 1.29 is 9.53 Å². The highest BCUT2D eigenvalue weighted by molar-refractivity contribution is 7.19. The fourth-order valence-corrected chi connectivity index (χ4v) is 5.61. The largest absolute Gasteiger partial charge is 0.494 e. The van der Waals surface area contributed by atoms with Crippen molar-refractivity contribution in [3.8, 4) is 5.75 Å². The van der Waals surface area contributed by atoms with E-state index in [9.17, 15) is 4.79 Å². The number of amides is 1. The molecule has 3 aromatic rings. The van der Waals surface area contributed by atoms with Crippen molar-refractivity contribution in [2.24, 2.45) is 5.92 Å². The molecular formula is C22H24N6O2S. The maximum absolute atomic E-state index is 12.7. The molecule has 2 aliphatic rings. The zero-order chi connectivity index (χ0) is 21.5. The number of anilines is 3. The van der Waals surface area contributed by atoms with E-state index in [0.717, 1.165) is 49.0 Å². The molecule has 1 fully saturated rings. The number of nitrogens with zero attached hydrogens (tertiary/aromatic N) is 3. The van der Waals surface area contributed by atoms with Crippen LogP contribution in [-0.4, -0.2) is 47.2 Å². The number of nitrogen functional groups attached to an aromatic ring is 1. The van der Waals surface area contributed by atoms with Crippen molar-refractivity contribution in [3.05, 3.63) is 34.5 Å². The molecule has 0 spiro atoms. The van der Waals surface area contributed by atoms with Gasteiger partial charge in [0.15, 0.2) is 0 Å². The molecule has 2 aromatic heterocycles. The predicted octanol–water partition coefficient (Wildman–Crippen LogP) is 3.36. The van der Waals surface area contributed by atoms with Gasteiger partial charge in [0.2, 0.25) is 5.91 Å². The number of nitrogens with one attached hydrogen (secondary N) is 2. The topological polar surface area (TPSA) is 117 Å². The van der Waals surface area contributed by atoms with E-state index in [0.29, 0.717) is 34.4 Å². The highest BCUT2D eigenvalue weighted by Gasteiger charge is 2.33. The predicted molar refractivity (Wildman–Crippen MR) is 123 cm³/mol. The molecule has 160 valence electrons. The van der Waals surface area contributed by atoms with Crippen LogP contribution >= 0.6 is 11.3 Å². The molecule has 5 rings (SSSR count). The molecule has 1 aliphatic heterocycles. The Kier molecular flexibility index (Phi) is 4.97. The van der Waals surface area contributed by atoms with Crippen molar-refractivity contribution >= 4 is 50.9 Å². The molecular weight excluding hydrogens is 412 g/mol. The second-order valence-electron chi connectivity index (χ2n) is 7.98. The minimum absolute atomic E-state index is 0.0672. The number of hydrogen-bond acceptors (Lipinski definition) is 8. The number of aromatic nitrogens is 2. The lowest BCUT2D eigenvalue weighted by atomic mass is 9.86. The normalized spacial score (nSPS) is 17.7. The fraction of sp³-hybridized carbons (Fsp3) is 0.364. The van der Waals surface area contributed by atoms with Gasteiger partial charge in [-0.15, -0.1) is 11.3 Å². The molecule has 1 atom stereocenters. The number of aryl methyl sites for hydroxylation is 1. The summed E-state index contributed by atoms with van der Waals surface area (Å²) in [6, 6.07) is 3.49. The van der Waals surface area contributed by atoms with Crippen LogP contribution in [0.3, 0.4) is 0 Å². The van der Waals surface area contributed by atoms with Gasteiger partial charge < -0.3 is 26.1 Å². The number of benzene rings is 1. The summed E-state index contributed by atoms with van der Waals surface area (Å²) in [5.74, 6) is 1.65. The van der Waals surface area contributed by atoms with E-state index in [4.69, 9.17) is 15.9 Å². The average Bonchev–Trinajstić information content (AvgIpc) is 3.12. The van der Waals surface area contributed by atoms with Gasteiger partial charge in [0.05, 0.1) is 18.2 Å². The minimum atomic E-state index is 0.0672. The summed E-state index contributed by atoms with van der Waals surface area (Å²) in [4.78, 5) is 25.8. The lowest BCUT2D eigenvalue weighted by Crippen LogP contribution is -2.46. The molecule has 0 saturated carbocycles. The van der Waals surface area contributed by atoms with Crippen LogP contribution in [0.2, 0.25) is 0 Å². The van der Waals surface area contributed by atoms with Crippen LogP contribution in [-0.2, 0) is 17.6 Å². The summed E-state index contributed by atoms with van der Waals surface area (Å²) in [5.41, 5.74) is 9.01. The second kappa shape index (κ2) is 7.81. The summed E-state index contributed by atoms with van der Waals surface area (Å²) >= 11 is 1.65. The van der Waals surface area contributed by atoms with E-state index < -0.39 is 0 Å². The van der Waals surface area contributed by atoms with Crippen molar-refractivity contribution in [2.75, 3.05) is 31.2 Å². The van der Waals surface area contributed by atoms with Crippen LogP contribution in [0.25, 0.3) is 10.2 Å². The maximum atomic E-state index is 12.7. The van der Waals surface area contributed by atoms with Gasteiger partial charge in [-0.1, -0.05) is 0 Å². The molecule has 31 heavy (non-hydrogen) atoms. The zero-order valence-electron chi connectivity index (χ0n) is 17.3. The number of hydrogen-bond donors (Lipinski definition) is 3. The molecule has 8 nitrogen and oxygen atoms in total. The van der Waals surface area contributed by atoms with E-state index in [-0.39, 0.29) is 5.92 Å². The SMILES string of the molecule is COc1cc(N)c(C=N)cc1Nc1ncnc2sc3c(c12)CCC(C(=O)N1CCC1)C3. The monoisotopic (exact) mass is 436 g/mol. The first-order valence-corrected chi connectivity index (χ1v) is 11.2. The number of methoxy groups -OCH3 is 1. The third-order valence-electron chi connectivity index (χ3n) is 6.18. The van der Waals surface area contributed by atoms with Crippen LogP contribution < -0.4 is 15.8 Å². The van der Waals surface area contributed by atoms with Crippen molar-refractivity contribution in [1.29, 1.82) is 5.41 Å². The first kappa shape index (κ1) is 19.7. The molecule has 0 bridgehead atoms. The van der Waals surface area contributed by atoms with Crippen LogP contribution in [0.1, 0.15) is 28.8 Å². The molecule has 1 aromatic carbocycles. The Labute approximate surface area is 183 Å². The Bertz CT molecular complexity index is 1190. The molecule has 4 N–H and O–H groups in total. The molecule has 1 amide bonds. The maximum Gasteiger partial charge on any atom is 0.226 e. The summed E-state index contributed by atoms with van der Waals surface area (Å²) in [6.45, 7) is 1.80. The average molecular weight is 437 g/mol.